The fourth-order valence-electron chi connectivity index (χ4n) is 1.98. The van der Waals surface area contributed by atoms with Crippen LogP contribution in [-0.2, 0) is 17.6 Å². The first kappa shape index (κ1) is 11.6. The molecule has 1 aliphatic rings. The van der Waals surface area contributed by atoms with Crippen LogP contribution in [0, 0.1) is 5.92 Å². The van der Waals surface area contributed by atoms with Gasteiger partial charge in [0.15, 0.2) is 0 Å². The summed E-state index contributed by atoms with van der Waals surface area (Å²) in [6, 6.07) is 4.22. The summed E-state index contributed by atoms with van der Waals surface area (Å²) in [5.41, 5.74) is 2.50. The number of ether oxygens (including phenoxy) is 1. The third-order valence-corrected chi connectivity index (χ3v) is 3.38. The summed E-state index contributed by atoms with van der Waals surface area (Å²) in [7, 11) is 0. The zero-order chi connectivity index (χ0) is 11.5. The van der Waals surface area contributed by atoms with E-state index in [9.17, 15) is 4.79 Å². The van der Waals surface area contributed by atoms with Crippen molar-refractivity contribution >= 4 is 22.2 Å². The lowest BCUT2D eigenvalue weighted by molar-refractivity contribution is -0.110. The van der Waals surface area contributed by atoms with Crippen molar-refractivity contribution in [3.63, 3.8) is 0 Å². The average molecular weight is 283 g/mol. The van der Waals surface area contributed by atoms with Crippen molar-refractivity contribution in [2.45, 2.75) is 26.2 Å². The van der Waals surface area contributed by atoms with Crippen LogP contribution in [0.4, 0.5) is 0 Å². The molecule has 1 heterocycles. The number of halogens is 1. The molecule has 2 rings (SSSR count). The number of hydrogen-bond donors (Lipinski definition) is 0. The van der Waals surface area contributed by atoms with Gasteiger partial charge in [-0.2, -0.15) is 0 Å². The van der Waals surface area contributed by atoms with E-state index in [1.54, 1.807) is 0 Å². The molecule has 1 aliphatic heterocycles. The second kappa shape index (κ2) is 5.00. The van der Waals surface area contributed by atoms with E-state index in [2.05, 4.69) is 28.1 Å². The number of rotatable bonds is 4. The molecule has 0 fully saturated rings. The fraction of sp³-hybridized carbons (Fsp3) is 0.462. The number of benzene rings is 1. The van der Waals surface area contributed by atoms with Crippen LogP contribution in [-0.4, -0.2) is 12.9 Å². The van der Waals surface area contributed by atoms with Crippen molar-refractivity contribution in [2.24, 2.45) is 5.92 Å². The van der Waals surface area contributed by atoms with E-state index in [4.69, 9.17) is 4.74 Å². The maximum absolute atomic E-state index is 10.6. The van der Waals surface area contributed by atoms with Crippen LogP contribution in [0.2, 0.25) is 0 Å². The summed E-state index contributed by atoms with van der Waals surface area (Å²) in [5, 5.41) is 0. The molecule has 16 heavy (non-hydrogen) atoms. The quantitative estimate of drug-likeness (QED) is 0.793. The van der Waals surface area contributed by atoms with E-state index >= 15 is 0 Å². The maximum atomic E-state index is 10.6. The summed E-state index contributed by atoms with van der Waals surface area (Å²) in [4.78, 5) is 10.6. The average Bonchev–Trinajstić information content (AvgIpc) is 2.73. The number of carbonyl (C=O) groups excluding carboxylic acids is 1. The van der Waals surface area contributed by atoms with Crippen molar-refractivity contribution in [3.05, 3.63) is 27.7 Å². The van der Waals surface area contributed by atoms with Crippen LogP contribution >= 0.6 is 15.9 Å². The van der Waals surface area contributed by atoms with Crippen molar-refractivity contribution in [2.75, 3.05) is 6.61 Å². The van der Waals surface area contributed by atoms with E-state index in [0.717, 1.165) is 42.4 Å². The van der Waals surface area contributed by atoms with Crippen molar-refractivity contribution < 1.29 is 9.53 Å². The molecule has 0 bridgehead atoms. The molecule has 0 radical (unpaired) electrons. The van der Waals surface area contributed by atoms with Crippen LogP contribution in [0.3, 0.4) is 0 Å². The molecule has 0 saturated carbocycles. The Morgan fingerprint density at radius 2 is 2.38 bits per heavy atom. The van der Waals surface area contributed by atoms with Gasteiger partial charge in [-0.1, -0.05) is 22.9 Å². The van der Waals surface area contributed by atoms with Gasteiger partial charge in [0.05, 0.1) is 6.61 Å². The molecule has 1 atom stereocenters. The van der Waals surface area contributed by atoms with Crippen molar-refractivity contribution in [1.82, 2.24) is 0 Å². The van der Waals surface area contributed by atoms with Gasteiger partial charge < -0.3 is 9.53 Å². The van der Waals surface area contributed by atoms with Gasteiger partial charge in [-0.15, -0.1) is 0 Å². The molecule has 0 N–H and O–H groups in total. The second-order valence-corrected chi connectivity index (χ2v) is 5.22. The monoisotopic (exact) mass is 282 g/mol. The highest BCUT2D eigenvalue weighted by atomic mass is 79.9. The predicted octanol–water partition coefficient (Wildman–Crippen LogP) is 3.15. The summed E-state index contributed by atoms with van der Waals surface area (Å²) < 4.78 is 6.74. The van der Waals surface area contributed by atoms with Gasteiger partial charge in [-0.3, -0.25) is 0 Å². The zero-order valence-corrected chi connectivity index (χ0v) is 10.9. The van der Waals surface area contributed by atoms with Gasteiger partial charge in [-0.25, -0.2) is 0 Å². The van der Waals surface area contributed by atoms with Gasteiger partial charge >= 0.3 is 0 Å². The summed E-state index contributed by atoms with van der Waals surface area (Å²) in [6.07, 6.45) is 3.79. The molecule has 3 heteroatoms. The van der Waals surface area contributed by atoms with Gasteiger partial charge in [-0.05, 0) is 36.1 Å². The molecule has 0 spiro atoms. The van der Waals surface area contributed by atoms with Gasteiger partial charge in [0, 0.05) is 16.8 Å². The Kier molecular flexibility index (Phi) is 3.64. The standard InChI is InChI=1S/C13H15BrO2/c1-9(8-15)2-3-10-6-12(14)7-11-4-5-16-13(10)11/h6-9H,2-5H2,1H3. The maximum Gasteiger partial charge on any atom is 0.125 e. The first-order valence-electron chi connectivity index (χ1n) is 5.60. The highest BCUT2D eigenvalue weighted by Gasteiger charge is 2.17. The Morgan fingerprint density at radius 1 is 1.56 bits per heavy atom. The SMILES string of the molecule is CC(C=O)CCc1cc(Br)cc2c1OCC2. The zero-order valence-electron chi connectivity index (χ0n) is 9.33. The number of fused-ring (bicyclic) bond motifs is 1. The summed E-state index contributed by atoms with van der Waals surface area (Å²) in [5.74, 6) is 1.16. The van der Waals surface area contributed by atoms with Crippen LogP contribution < -0.4 is 4.74 Å². The minimum Gasteiger partial charge on any atom is -0.493 e. The second-order valence-electron chi connectivity index (χ2n) is 4.30. The number of aryl methyl sites for hydroxylation is 1. The van der Waals surface area contributed by atoms with Crippen LogP contribution in [0.1, 0.15) is 24.5 Å². The molecule has 0 saturated heterocycles. The molecule has 1 aromatic rings. The number of carbonyl (C=O) groups is 1. The highest BCUT2D eigenvalue weighted by molar-refractivity contribution is 9.10. The summed E-state index contributed by atoms with van der Waals surface area (Å²) >= 11 is 3.51. The van der Waals surface area contributed by atoms with E-state index in [-0.39, 0.29) is 5.92 Å². The summed E-state index contributed by atoms with van der Waals surface area (Å²) in [6.45, 7) is 2.73. The van der Waals surface area contributed by atoms with Crippen LogP contribution in [0.15, 0.2) is 16.6 Å². The molecule has 1 unspecified atom stereocenters. The number of hydrogen-bond acceptors (Lipinski definition) is 2. The van der Waals surface area contributed by atoms with Gasteiger partial charge in [0.25, 0.3) is 0 Å². The molecule has 1 aromatic carbocycles. The lowest BCUT2D eigenvalue weighted by atomic mass is 9.99. The molecular weight excluding hydrogens is 268 g/mol. The first-order chi connectivity index (χ1) is 7.70. The van der Waals surface area contributed by atoms with Gasteiger partial charge in [0.1, 0.15) is 12.0 Å². The largest absolute Gasteiger partial charge is 0.493 e. The third kappa shape index (κ3) is 2.46. The Hall–Kier alpha value is -0.830. The Morgan fingerprint density at radius 3 is 3.12 bits per heavy atom. The minimum absolute atomic E-state index is 0.121. The van der Waals surface area contributed by atoms with E-state index < -0.39 is 0 Å². The fourth-order valence-corrected chi connectivity index (χ4v) is 2.54. The lowest BCUT2D eigenvalue weighted by Gasteiger charge is -2.10. The topological polar surface area (TPSA) is 26.3 Å². The van der Waals surface area contributed by atoms with E-state index in [0.29, 0.717) is 0 Å². The molecule has 2 nitrogen and oxygen atoms in total. The Balaban J connectivity index is 2.17. The first-order valence-corrected chi connectivity index (χ1v) is 6.39. The van der Waals surface area contributed by atoms with Crippen molar-refractivity contribution in [3.8, 4) is 5.75 Å². The normalized spacial score (nSPS) is 15.4. The predicted molar refractivity (Wildman–Crippen MR) is 66.9 cm³/mol. The lowest BCUT2D eigenvalue weighted by Crippen LogP contribution is -2.00. The van der Waals surface area contributed by atoms with E-state index in [1.165, 1.54) is 11.1 Å². The van der Waals surface area contributed by atoms with Gasteiger partial charge in [0.2, 0.25) is 0 Å². The number of aldehydes is 1. The van der Waals surface area contributed by atoms with Crippen LogP contribution in [0.5, 0.6) is 5.75 Å². The highest BCUT2D eigenvalue weighted by Crippen LogP contribution is 2.33. The Labute approximate surface area is 104 Å². The minimum atomic E-state index is 0.121. The molecule has 0 aromatic heterocycles. The van der Waals surface area contributed by atoms with Crippen LogP contribution in [0.25, 0.3) is 0 Å². The van der Waals surface area contributed by atoms with E-state index in [1.807, 2.05) is 6.92 Å². The smallest absolute Gasteiger partial charge is 0.125 e. The Bertz CT molecular complexity index is 401. The molecule has 86 valence electrons. The third-order valence-electron chi connectivity index (χ3n) is 2.93. The van der Waals surface area contributed by atoms with Crippen molar-refractivity contribution in [1.29, 1.82) is 0 Å². The molecule has 0 aliphatic carbocycles. The molecule has 0 amide bonds. The molecular formula is C13H15BrO2.